The van der Waals surface area contributed by atoms with Crippen LogP contribution in [-0.4, -0.2) is 22.6 Å². The quantitative estimate of drug-likeness (QED) is 0.134. The zero-order valence-corrected chi connectivity index (χ0v) is 94.8. The first kappa shape index (κ1) is 96.6. The van der Waals surface area contributed by atoms with Crippen LogP contribution in [0.25, 0.3) is 76.9 Å². The number of fused-ring (bicyclic) bond motifs is 22. The molecule has 0 N–H and O–H groups in total. The molecule has 0 bridgehead atoms. The summed E-state index contributed by atoms with van der Waals surface area (Å²) in [5.41, 5.74) is 47.2. The van der Waals surface area contributed by atoms with Crippen LogP contribution in [0.5, 0.6) is 0 Å². The van der Waals surface area contributed by atoms with Crippen molar-refractivity contribution in [2.75, 3.05) is 19.6 Å². The van der Waals surface area contributed by atoms with E-state index in [1.165, 1.54) is 160 Å². The van der Waals surface area contributed by atoms with Gasteiger partial charge in [-0.05, 0) is 361 Å². The van der Waals surface area contributed by atoms with Crippen LogP contribution in [0.4, 0.5) is 68.2 Å². The topological polar surface area (TPSA) is 49.1 Å². The Bertz CT molecular complexity index is 8760. The van der Waals surface area contributed by atoms with E-state index >= 15 is 0 Å². The molecule has 758 valence electrons. The van der Waals surface area contributed by atoms with Crippen molar-refractivity contribution in [1.82, 2.24) is 9.13 Å². The molecule has 8 aliphatic rings. The fourth-order valence-corrected chi connectivity index (χ4v) is 28.7. The molecular formula is C140H150B2N6O2. The van der Waals surface area contributed by atoms with Crippen molar-refractivity contribution in [2.45, 2.75) is 336 Å². The first-order valence-corrected chi connectivity index (χ1v) is 56.2. The maximum absolute atomic E-state index is 8.27. The summed E-state index contributed by atoms with van der Waals surface area (Å²) < 4.78 is 21.6. The molecule has 10 heteroatoms. The molecule has 0 saturated heterocycles. The second-order valence-corrected chi connectivity index (χ2v) is 56.9. The van der Waals surface area contributed by atoms with Crippen LogP contribution in [-0.2, 0) is 76.8 Å². The molecule has 4 aliphatic heterocycles. The lowest BCUT2D eigenvalue weighted by Crippen LogP contribution is -2.61. The predicted octanol–water partition coefficient (Wildman–Crippen LogP) is 34.6. The molecule has 26 rings (SSSR count). The third-order valence-corrected chi connectivity index (χ3v) is 38.5. The highest BCUT2D eigenvalue weighted by atomic mass is 16.3. The van der Waals surface area contributed by atoms with Crippen molar-refractivity contribution in [1.29, 1.82) is 0 Å². The minimum atomic E-state index is -0.480. The lowest BCUT2D eigenvalue weighted by molar-refractivity contribution is 0.332. The normalized spacial score (nSPS) is 18.2. The van der Waals surface area contributed by atoms with Crippen LogP contribution in [0.3, 0.4) is 0 Å². The second-order valence-electron chi connectivity index (χ2n) is 56.9. The zero-order chi connectivity index (χ0) is 105. The van der Waals surface area contributed by atoms with Gasteiger partial charge in [0, 0.05) is 89.2 Å². The number of hydrogen-bond donors (Lipinski definition) is 0. The Balaban J connectivity index is 0.719. The van der Waals surface area contributed by atoms with Gasteiger partial charge in [-0.3, -0.25) is 0 Å². The molecule has 0 saturated carbocycles. The molecule has 4 aromatic heterocycles. The number of nitrogens with zero attached hydrogens (tertiary/aromatic N) is 6. The van der Waals surface area contributed by atoms with Crippen LogP contribution >= 0.6 is 0 Å². The third-order valence-electron chi connectivity index (χ3n) is 38.5. The van der Waals surface area contributed by atoms with Crippen molar-refractivity contribution in [3.8, 4) is 11.4 Å². The Hall–Kier alpha value is -12.9. The van der Waals surface area contributed by atoms with Gasteiger partial charge < -0.3 is 37.6 Å². The minimum absolute atomic E-state index is 0.00439. The number of rotatable bonds is 9. The number of aromatic nitrogens is 2. The number of benzene rings is 14. The maximum Gasteiger partial charge on any atom is 0.297 e. The third kappa shape index (κ3) is 14.4. The maximum atomic E-state index is 8.27. The first-order chi connectivity index (χ1) is 70.6. The SMILES string of the molecule is CC(C)(C)c1ccc(N2c3ccc(C(C)(C)C)cc3B3c4oc5cc6c(cc5c4N(c4ccc5c(c4)C(C)(C)CCC5(C)C)c4cc(-n5c7ccccc7c7c(CC(C)(C)c8ccc9c(c8)B8c%10oc%11cc%12c(cc%11c%10N(c%10ccc%11c(c%10)C(C)(C)CCC%11(C)C)c%10cc(-n%11c%13ccccc%13c%13ccccc%13%11)cc(c%108)N9c8cc(C(C)(C)C)cc(C(C)(C)C)c8)C(C)(C)CCC%12(C)C)cccc75)cc2c43)C(C)(C)CCC6(C)C)cc1. The smallest absolute Gasteiger partial charge is 0.297 e. The lowest BCUT2D eigenvalue weighted by atomic mass is 9.35. The van der Waals surface area contributed by atoms with Gasteiger partial charge in [-0.25, -0.2) is 0 Å². The van der Waals surface area contributed by atoms with Gasteiger partial charge in [0.15, 0.2) is 0 Å². The Morgan fingerprint density at radius 3 is 1.00 bits per heavy atom. The van der Waals surface area contributed by atoms with E-state index in [-0.39, 0.29) is 78.4 Å². The highest BCUT2D eigenvalue weighted by Gasteiger charge is 2.54. The van der Waals surface area contributed by atoms with Crippen LogP contribution in [0.2, 0.25) is 0 Å². The zero-order valence-electron chi connectivity index (χ0n) is 94.8. The first-order valence-electron chi connectivity index (χ1n) is 56.2. The Kier molecular flexibility index (Phi) is 20.4. The van der Waals surface area contributed by atoms with Gasteiger partial charge in [0.2, 0.25) is 0 Å². The van der Waals surface area contributed by atoms with E-state index in [0.717, 1.165) is 154 Å². The van der Waals surface area contributed by atoms with Crippen LogP contribution in [0, 0.1) is 0 Å². The monoisotopic (exact) mass is 1970 g/mol. The molecule has 0 amide bonds. The molecular weight excluding hydrogens is 1820 g/mol. The number of para-hydroxylation sites is 3. The molecule has 14 aromatic carbocycles. The Morgan fingerprint density at radius 2 is 0.580 bits per heavy atom. The van der Waals surface area contributed by atoms with Gasteiger partial charge in [0.05, 0.1) is 56.1 Å². The van der Waals surface area contributed by atoms with E-state index in [1.54, 1.807) is 0 Å². The van der Waals surface area contributed by atoms with Gasteiger partial charge >= 0.3 is 0 Å². The minimum Gasteiger partial charge on any atom is -0.468 e. The average Bonchev–Trinajstić information content (AvgIpc) is 1.55. The van der Waals surface area contributed by atoms with Crippen molar-refractivity contribution in [2.24, 2.45) is 0 Å². The van der Waals surface area contributed by atoms with Gasteiger partial charge in [-0.1, -0.05) is 329 Å². The predicted molar refractivity (Wildman–Crippen MR) is 642 cm³/mol. The van der Waals surface area contributed by atoms with E-state index in [9.17, 15) is 0 Å². The molecule has 150 heavy (non-hydrogen) atoms. The van der Waals surface area contributed by atoms with E-state index in [2.05, 4.69) is 491 Å². The van der Waals surface area contributed by atoms with Crippen molar-refractivity contribution in [3.63, 3.8) is 0 Å². The summed E-state index contributed by atoms with van der Waals surface area (Å²) in [6.07, 6.45) is 9.58. The molecule has 0 unspecified atom stereocenters. The number of furan rings is 2. The van der Waals surface area contributed by atoms with Crippen molar-refractivity contribution >= 4 is 180 Å². The van der Waals surface area contributed by atoms with Gasteiger partial charge in [0.25, 0.3) is 13.4 Å². The molecule has 4 aliphatic carbocycles. The van der Waals surface area contributed by atoms with Gasteiger partial charge in [0.1, 0.15) is 11.2 Å². The summed E-state index contributed by atoms with van der Waals surface area (Å²) in [5, 5.41) is 7.31. The summed E-state index contributed by atoms with van der Waals surface area (Å²) in [7, 11) is 0. The molecule has 0 atom stereocenters. The summed E-state index contributed by atoms with van der Waals surface area (Å²) in [6.45, 7) is 72.6. The van der Waals surface area contributed by atoms with E-state index in [0.29, 0.717) is 0 Å². The average molecular weight is 1970 g/mol. The number of hydrogen-bond acceptors (Lipinski definition) is 6. The standard InChI is InChI=1S/C140H150B2N6O2/c1-128(2,3)83-46-50-88(51-47-83)143-112-56-48-84(129(4,5)6)69-107(112)141-122-115(143)74-93(76-118(122)148(90-53-55-100-102(72-90)135(19,20)61-59-133(100,15)16)124-97-77-103-105(79-119(97)149-126(124)141)138(25,26)64-62-136(103,21)22)145-111-44-36-33-41-96(111)121-82(38-37-45-114(121)145)81-140(29,30)85-49-57-113-108(70-85)142-123-116(146(113)91-67-86(130(7,8)9)66-87(68-91)131(10,11)12)73-92(144-109-42-34-31-39-94(109)95-40-32-35-43-110(95)144)75-117(123)147(89-52-54-99-101(71-89)134(17,18)60-58-132(99,13)14)125-98-78-104-106(80-120(98)150-127(125)142)139(27,28)65-63-137(104,23)24/h31-57,66-80H,58-65,81H2,1-30H3. The molecule has 8 heterocycles. The largest absolute Gasteiger partial charge is 0.468 e. The number of anilines is 12. The summed E-state index contributed by atoms with van der Waals surface area (Å²) in [5.74, 6) is 0. The summed E-state index contributed by atoms with van der Waals surface area (Å²) in [4.78, 5) is 10.8. The lowest BCUT2D eigenvalue weighted by Gasteiger charge is -2.45. The van der Waals surface area contributed by atoms with Crippen molar-refractivity contribution in [3.05, 3.63) is 333 Å². The second kappa shape index (κ2) is 31.7. The van der Waals surface area contributed by atoms with E-state index < -0.39 is 5.41 Å². The highest BCUT2D eigenvalue weighted by molar-refractivity contribution is 7.01. The van der Waals surface area contributed by atoms with Crippen LogP contribution in [0.15, 0.2) is 264 Å². The van der Waals surface area contributed by atoms with Gasteiger partial charge in [-0.2, -0.15) is 0 Å². The van der Waals surface area contributed by atoms with E-state index in [1.807, 2.05) is 0 Å². The Morgan fingerprint density at radius 1 is 0.247 bits per heavy atom. The summed E-state index contributed by atoms with van der Waals surface area (Å²) in [6, 6.07) is 103. The molecule has 8 nitrogen and oxygen atoms in total. The fraction of sp³-hybridized carbons (Fsp3) is 0.371. The van der Waals surface area contributed by atoms with Crippen molar-refractivity contribution < 1.29 is 8.83 Å². The molecule has 18 aromatic rings. The molecule has 0 fully saturated rings. The fourth-order valence-electron chi connectivity index (χ4n) is 28.7. The Labute approximate surface area is 891 Å². The molecule has 0 spiro atoms. The van der Waals surface area contributed by atoms with Crippen LogP contribution < -0.4 is 52.8 Å². The summed E-state index contributed by atoms with van der Waals surface area (Å²) >= 11 is 0. The molecule has 0 radical (unpaired) electrons. The van der Waals surface area contributed by atoms with E-state index in [4.69, 9.17) is 8.83 Å². The highest BCUT2D eigenvalue weighted by Crippen LogP contribution is 2.60. The van der Waals surface area contributed by atoms with Crippen LogP contribution in [0.1, 0.15) is 337 Å². The van der Waals surface area contributed by atoms with Gasteiger partial charge in [-0.15, -0.1) is 0 Å².